The number of nitrogens with zero attached hydrogens (tertiary/aromatic N) is 6. The molecule has 29 heavy (non-hydrogen) atoms. The molecule has 1 aliphatic rings. The molecule has 1 fully saturated rings. The Morgan fingerprint density at radius 1 is 1.31 bits per heavy atom. The molecule has 1 amide bonds. The second-order valence-corrected chi connectivity index (χ2v) is 8.30. The van der Waals surface area contributed by atoms with Crippen molar-refractivity contribution in [3.63, 3.8) is 0 Å². The predicted molar refractivity (Wildman–Crippen MR) is 114 cm³/mol. The average Bonchev–Trinajstić information content (AvgIpc) is 3.07. The number of imidazole rings is 1. The van der Waals surface area contributed by atoms with Crippen molar-refractivity contribution in [2.75, 3.05) is 20.1 Å². The van der Waals surface area contributed by atoms with Crippen LogP contribution in [0.5, 0.6) is 0 Å². The number of aromatic nitrogens is 3. The summed E-state index contributed by atoms with van der Waals surface area (Å²) < 4.78 is 1.94. The summed E-state index contributed by atoms with van der Waals surface area (Å²) in [6.45, 7) is 11.9. The second kappa shape index (κ2) is 8.23. The highest BCUT2D eigenvalue weighted by Crippen LogP contribution is 2.24. The van der Waals surface area contributed by atoms with Crippen molar-refractivity contribution in [3.05, 3.63) is 42.1 Å². The summed E-state index contributed by atoms with van der Waals surface area (Å²) in [4.78, 5) is 29.9. The quantitative estimate of drug-likeness (QED) is 0.630. The van der Waals surface area contributed by atoms with Crippen molar-refractivity contribution >= 4 is 11.9 Å². The molecule has 0 aromatic carbocycles. The number of guanidine groups is 1. The van der Waals surface area contributed by atoms with Crippen molar-refractivity contribution in [2.45, 2.75) is 52.7 Å². The van der Waals surface area contributed by atoms with Gasteiger partial charge >= 0.3 is 0 Å². The minimum atomic E-state index is -0.257. The SMILES string of the molecule is CN=C(NCc1ccc(-n2ccnc2C)nc1)N1CC(=O)N(C(C)C)C(C)(C)C1. The minimum absolute atomic E-state index is 0.126. The summed E-state index contributed by atoms with van der Waals surface area (Å²) in [6.07, 6.45) is 5.51. The standard InChI is InChI=1S/C21H31N7O/c1-15(2)28-19(29)13-26(14-21(28,4)5)20(22-6)25-12-17-7-8-18(24-11-17)27-10-9-23-16(27)3/h7-11,15H,12-14H2,1-6H3,(H,22,25). The molecule has 0 aliphatic carbocycles. The molecule has 0 saturated carbocycles. The zero-order valence-electron chi connectivity index (χ0n) is 18.2. The van der Waals surface area contributed by atoms with Crippen LogP contribution in [-0.2, 0) is 11.3 Å². The summed E-state index contributed by atoms with van der Waals surface area (Å²) in [6, 6.07) is 4.19. The highest BCUT2D eigenvalue weighted by Gasteiger charge is 2.40. The molecule has 3 heterocycles. The molecule has 1 saturated heterocycles. The van der Waals surface area contributed by atoms with E-state index in [2.05, 4.69) is 48.0 Å². The molecule has 2 aromatic rings. The number of pyridine rings is 1. The van der Waals surface area contributed by atoms with E-state index in [1.54, 1.807) is 13.2 Å². The minimum Gasteiger partial charge on any atom is -0.352 e. The Labute approximate surface area is 172 Å². The lowest BCUT2D eigenvalue weighted by atomic mass is 9.96. The normalized spacial score (nSPS) is 17.2. The molecule has 8 heteroatoms. The van der Waals surface area contributed by atoms with Crippen LogP contribution in [0.15, 0.2) is 35.7 Å². The van der Waals surface area contributed by atoms with Gasteiger partial charge in [0.2, 0.25) is 5.91 Å². The van der Waals surface area contributed by atoms with Crippen LogP contribution < -0.4 is 5.32 Å². The van der Waals surface area contributed by atoms with E-state index in [9.17, 15) is 4.79 Å². The maximum atomic E-state index is 12.7. The van der Waals surface area contributed by atoms with Crippen LogP contribution >= 0.6 is 0 Å². The molecule has 0 spiro atoms. The van der Waals surface area contributed by atoms with Crippen LogP contribution in [0.2, 0.25) is 0 Å². The maximum absolute atomic E-state index is 12.7. The zero-order valence-corrected chi connectivity index (χ0v) is 18.2. The Kier molecular flexibility index (Phi) is 5.91. The number of hydrogen-bond donors (Lipinski definition) is 1. The van der Waals surface area contributed by atoms with Gasteiger partial charge < -0.3 is 15.1 Å². The molecular formula is C21H31N7O. The third-order valence-electron chi connectivity index (χ3n) is 5.18. The fraction of sp³-hybridized carbons (Fsp3) is 0.524. The van der Waals surface area contributed by atoms with Gasteiger partial charge in [0.25, 0.3) is 0 Å². The van der Waals surface area contributed by atoms with Gasteiger partial charge in [0.15, 0.2) is 5.96 Å². The Balaban J connectivity index is 1.65. The number of hydrogen-bond acceptors (Lipinski definition) is 4. The largest absolute Gasteiger partial charge is 0.352 e. The number of piperazine rings is 1. The van der Waals surface area contributed by atoms with Crippen molar-refractivity contribution in [1.29, 1.82) is 0 Å². The number of aryl methyl sites for hydroxylation is 1. The fourth-order valence-corrected chi connectivity index (χ4v) is 4.11. The van der Waals surface area contributed by atoms with Crippen molar-refractivity contribution < 1.29 is 4.79 Å². The molecule has 0 radical (unpaired) electrons. The van der Waals surface area contributed by atoms with Crippen LogP contribution in [0.3, 0.4) is 0 Å². The van der Waals surface area contributed by atoms with Crippen LogP contribution in [0.1, 0.15) is 39.1 Å². The molecule has 0 bridgehead atoms. The third kappa shape index (κ3) is 4.41. The number of nitrogens with one attached hydrogen (secondary N) is 1. The van der Waals surface area contributed by atoms with Crippen molar-refractivity contribution in [2.24, 2.45) is 4.99 Å². The van der Waals surface area contributed by atoms with Crippen LogP contribution in [0, 0.1) is 6.92 Å². The third-order valence-corrected chi connectivity index (χ3v) is 5.18. The molecule has 3 rings (SSSR count). The van der Waals surface area contributed by atoms with Gasteiger partial charge in [0.1, 0.15) is 11.6 Å². The van der Waals surface area contributed by atoms with E-state index in [1.165, 1.54) is 0 Å². The molecule has 1 aliphatic heterocycles. The van der Waals surface area contributed by atoms with E-state index in [-0.39, 0.29) is 17.5 Å². The van der Waals surface area contributed by atoms with Crippen LogP contribution in [0.25, 0.3) is 5.82 Å². The highest BCUT2D eigenvalue weighted by molar-refractivity contribution is 5.88. The monoisotopic (exact) mass is 397 g/mol. The first-order valence-corrected chi connectivity index (χ1v) is 9.96. The Hall–Kier alpha value is -2.90. The number of carbonyl (C=O) groups is 1. The molecule has 1 N–H and O–H groups in total. The van der Waals surface area contributed by atoms with Gasteiger partial charge in [-0.25, -0.2) is 9.97 Å². The summed E-state index contributed by atoms with van der Waals surface area (Å²) in [5.41, 5.74) is 0.784. The van der Waals surface area contributed by atoms with E-state index in [4.69, 9.17) is 0 Å². The molecular weight excluding hydrogens is 366 g/mol. The lowest BCUT2D eigenvalue weighted by Gasteiger charge is -2.49. The average molecular weight is 398 g/mol. The van der Waals surface area contributed by atoms with Gasteiger partial charge in [-0.05, 0) is 46.2 Å². The first kappa shape index (κ1) is 20.8. The Bertz CT molecular complexity index is 883. The molecule has 8 nitrogen and oxygen atoms in total. The smallest absolute Gasteiger partial charge is 0.242 e. The Morgan fingerprint density at radius 2 is 2.07 bits per heavy atom. The van der Waals surface area contributed by atoms with Gasteiger partial charge in [-0.3, -0.25) is 14.4 Å². The van der Waals surface area contributed by atoms with Crippen molar-refractivity contribution in [1.82, 2.24) is 29.7 Å². The number of rotatable bonds is 4. The van der Waals surface area contributed by atoms with Gasteiger partial charge in [0.05, 0.1) is 12.1 Å². The first-order chi connectivity index (χ1) is 13.7. The van der Waals surface area contributed by atoms with E-state index < -0.39 is 0 Å². The predicted octanol–water partition coefficient (Wildman–Crippen LogP) is 1.98. The van der Waals surface area contributed by atoms with Crippen molar-refractivity contribution in [3.8, 4) is 5.82 Å². The summed E-state index contributed by atoms with van der Waals surface area (Å²) in [5, 5.41) is 3.37. The molecule has 0 unspecified atom stereocenters. The summed E-state index contributed by atoms with van der Waals surface area (Å²) in [5.74, 6) is 2.59. The summed E-state index contributed by atoms with van der Waals surface area (Å²) in [7, 11) is 1.75. The lowest BCUT2D eigenvalue weighted by Crippen LogP contribution is -2.66. The second-order valence-electron chi connectivity index (χ2n) is 8.30. The molecule has 0 atom stereocenters. The van der Waals surface area contributed by atoms with E-state index in [0.29, 0.717) is 13.1 Å². The van der Waals surface area contributed by atoms with Gasteiger partial charge in [-0.15, -0.1) is 0 Å². The number of amides is 1. The molecule has 2 aromatic heterocycles. The lowest BCUT2D eigenvalue weighted by molar-refractivity contribution is -0.145. The maximum Gasteiger partial charge on any atom is 0.242 e. The highest BCUT2D eigenvalue weighted by atomic mass is 16.2. The van der Waals surface area contributed by atoms with E-state index >= 15 is 0 Å². The van der Waals surface area contributed by atoms with Crippen LogP contribution in [-0.4, -0.2) is 67.9 Å². The first-order valence-electron chi connectivity index (χ1n) is 9.96. The van der Waals surface area contributed by atoms with Gasteiger partial charge in [-0.2, -0.15) is 0 Å². The van der Waals surface area contributed by atoms with E-state index in [1.807, 2.05) is 45.8 Å². The zero-order chi connectivity index (χ0) is 21.2. The fourth-order valence-electron chi connectivity index (χ4n) is 4.11. The van der Waals surface area contributed by atoms with E-state index in [0.717, 1.165) is 29.7 Å². The topological polar surface area (TPSA) is 78.6 Å². The van der Waals surface area contributed by atoms with Gasteiger partial charge in [-0.1, -0.05) is 6.07 Å². The molecule has 156 valence electrons. The van der Waals surface area contributed by atoms with Gasteiger partial charge in [0, 0.05) is 44.8 Å². The number of aliphatic imine (C=N–C) groups is 1. The number of carbonyl (C=O) groups excluding carboxylic acids is 1. The van der Waals surface area contributed by atoms with Crippen LogP contribution in [0.4, 0.5) is 0 Å². The summed E-state index contributed by atoms with van der Waals surface area (Å²) >= 11 is 0. The Morgan fingerprint density at radius 3 is 2.59 bits per heavy atom.